The van der Waals surface area contributed by atoms with Gasteiger partial charge < -0.3 is 20.1 Å². The molecule has 146 valence electrons. The number of alkyl carbamates (subject to hydrolysis) is 1. The quantitative estimate of drug-likeness (QED) is 0.699. The van der Waals surface area contributed by atoms with Crippen LogP contribution in [-0.4, -0.2) is 41.2 Å². The van der Waals surface area contributed by atoms with Crippen LogP contribution in [0.3, 0.4) is 0 Å². The van der Waals surface area contributed by atoms with Gasteiger partial charge in [0.25, 0.3) is 0 Å². The maximum atomic E-state index is 12.5. The summed E-state index contributed by atoms with van der Waals surface area (Å²) in [6.45, 7) is 10.9. The molecule has 0 saturated heterocycles. The standard InChI is InChI=1S/C17H27N3O5S/c1-7-24-12(21)8-11-9-26-15(18-11)20-14(22)13(10(2)3)19-16(23)25-17(4,5)6/h9-10,13H,7-8H2,1-6H3,(H,19,23)(H,18,20,22)/t13-/m0/s1. The molecule has 0 fully saturated rings. The van der Waals surface area contributed by atoms with Crippen molar-refractivity contribution in [2.75, 3.05) is 11.9 Å². The van der Waals surface area contributed by atoms with Crippen molar-refractivity contribution in [3.63, 3.8) is 0 Å². The van der Waals surface area contributed by atoms with Crippen LogP contribution in [0.15, 0.2) is 5.38 Å². The second kappa shape index (κ2) is 9.51. The lowest BCUT2D eigenvalue weighted by Gasteiger charge is -2.24. The third-order valence-corrected chi connectivity index (χ3v) is 3.84. The summed E-state index contributed by atoms with van der Waals surface area (Å²) >= 11 is 1.20. The Balaban J connectivity index is 2.69. The first-order valence-electron chi connectivity index (χ1n) is 8.42. The van der Waals surface area contributed by atoms with Gasteiger partial charge in [-0.2, -0.15) is 0 Å². The minimum absolute atomic E-state index is 0.0456. The number of amides is 2. The lowest BCUT2D eigenvalue weighted by atomic mass is 10.0. The number of carbonyl (C=O) groups excluding carboxylic acids is 3. The monoisotopic (exact) mass is 385 g/mol. The Hall–Kier alpha value is -2.16. The normalized spacial score (nSPS) is 12.4. The average molecular weight is 385 g/mol. The summed E-state index contributed by atoms with van der Waals surface area (Å²) in [6, 6.07) is -0.776. The molecular weight excluding hydrogens is 358 g/mol. The van der Waals surface area contributed by atoms with Crippen LogP contribution in [0.1, 0.15) is 47.2 Å². The molecule has 8 nitrogen and oxygen atoms in total. The number of ether oxygens (including phenoxy) is 2. The molecule has 1 atom stereocenters. The molecule has 0 spiro atoms. The van der Waals surface area contributed by atoms with E-state index in [9.17, 15) is 14.4 Å². The van der Waals surface area contributed by atoms with Crippen LogP contribution in [-0.2, 0) is 25.5 Å². The van der Waals surface area contributed by atoms with Crippen LogP contribution >= 0.6 is 11.3 Å². The summed E-state index contributed by atoms with van der Waals surface area (Å²) in [4.78, 5) is 40.1. The predicted octanol–water partition coefficient (Wildman–Crippen LogP) is 2.74. The van der Waals surface area contributed by atoms with Gasteiger partial charge in [0.05, 0.1) is 18.7 Å². The van der Waals surface area contributed by atoms with Crippen LogP contribution in [0, 0.1) is 5.92 Å². The second-order valence-electron chi connectivity index (χ2n) is 6.98. The van der Waals surface area contributed by atoms with E-state index in [4.69, 9.17) is 9.47 Å². The molecule has 0 aromatic carbocycles. The van der Waals surface area contributed by atoms with Gasteiger partial charge in [-0.3, -0.25) is 9.59 Å². The zero-order valence-electron chi connectivity index (χ0n) is 16.0. The number of hydrogen-bond donors (Lipinski definition) is 2. The number of nitrogens with zero attached hydrogens (tertiary/aromatic N) is 1. The molecule has 2 amide bonds. The molecule has 1 aromatic rings. The molecule has 0 saturated carbocycles. The summed E-state index contributed by atoms with van der Waals surface area (Å²) in [7, 11) is 0. The number of anilines is 1. The van der Waals surface area contributed by atoms with Crippen molar-refractivity contribution in [1.82, 2.24) is 10.3 Å². The first kappa shape index (κ1) is 21.9. The summed E-state index contributed by atoms with van der Waals surface area (Å²) in [5.41, 5.74) is -0.135. The first-order valence-corrected chi connectivity index (χ1v) is 9.30. The van der Waals surface area contributed by atoms with Crippen molar-refractivity contribution in [1.29, 1.82) is 0 Å². The number of carbonyl (C=O) groups is 3. The minimum Gasteiger partial charge on any atom is -0.466 e. The van der Waals surface area contributed by atoms with Gasteiger partial charge in [0, 0.05) is 5.38 Å². The first-order chi connectivity index (χ1) is 12.0. The van der Waals surface area contributed by atoms with E-state index in [1.807, 2.05) is 13.8 Å². The van der Waals surface area contributed by atoms with Crippen LogP contribution < -0.4 is 10.6 Å². The zero-order chi connectivity index (χ0) is 19.9. The van der Waals surface area contributed by atoms with E-state index in [2.05, 4.69) is 15.6 Å². The van der Waals surface area contributed by atoms with E-state index < -0.39 is 23.6 Å². The highest BCUT2D eigenvalue weighted by molar-refractivity contribution is 7.13. The minimum atomic E-state index is -0.776. The highest BCUT2D eigenvalue weighted by Crippen LogP contribution is 2.17. The fourth-order valence-corrected chi connectivity index (χ4v) is 2.67. The molecule has 0 unspecified atom stereocenters. The molecule has 1 aromatic heterocycles. The van der Waals surface area contributed by atoms with E-state index in [-0.39, 0.29) is 18.3 Å². The second-order valence-corrected chi connectivity index (χ2v) is 7.84. The van der Waals surface area contributed by atoms with Crippen molar-refractivity contribution >= 4 is 34.4 Å². The van der Waals surface area contributed by atoms with Gasteiger partial charge in [-0.05, 0) is 33.6 Å². The molecule has 0 aliphatic carbocycles. The summed E-state index contributed by atoms with van der Waals surface area (Å²) in [5.74, 6) is -0.924. The smallest absolute Gasteiger partial charge is 0.408 e. The van der Waals surface area contributed by atoms with E-state index in [1.165, 1.54) is 11.3 Å². The van der Waals surface area contributed by atoms with Crippen molar-refractivity contribution < 1.29 is 23.9 Å². The molecular formula is C17H27N3O5S. The fraction of sp³-hybridized carbons (Fsp3) is 0.647. The van der Waals surface area contributed by atoms with Gasteiger partial charge in [-0.25, -0.2) is 9.78 Å². The predicted molar refractivity (Wildman–Crippen MR) is 99.1 cm³/mol. The maximum Gasteiger partial charge on any atom is 0.408 e. The SMILES string of the molecule is CCOC(=O)Cc1csc(NC(=O)[C@@H](NC(=O)OC(C)(C)C)C(C)C)n1. The fourth-order valence-electron chi connectivity index (χ4n) is 1.96. The highest BCUT2D eigenvalue weighted by atomic mass is 32.1. The van der Waals surface area contributed by atoms with E-state index >= 15 is 0 Å². The summed E-state index contributed by atoms with van der Waals surface area (Å²) in [6.07, 6.45) is -0.613. The molecule has 0 aliphatic rings. The third-order valence-electron chi connectivity index (χ3n) is 3.03. The van der Waals surface area contributed by atoms with E-state index in [0.717, 1.165) is 0 Å². The number of nitrogens with one attached hydrogen (secondary N) is 2. The van der Waals surface area contributed by atoms with E-state index in [1.54, 1.807) is 33.1 Å². The van der Waals surface area contributed by atoms with Gasteiger partial charge in [0.1, 0.15) is 11.6 Å². The van der Waals surface area contributed by atoms with Gasteiger partial charge in [-0.15, -0.1) is 11.3 Å². The molecule has 1 rings (SSSR count). The van der Waals surface area contributed by atoms with Gasteiger partial charge >= 0.3 is 12.1 Å². The average Bonchev–Trinajstić information content (AvgIpc) is 2.89. The molecule has 2 N–H and O–H groups in total. The summed E-state index contributed by atoms with van der Waals surface area (Å²) in [5, 5.41) is 7.27. The third kappa shape index (κ3) is 7.81. The highest BCUT2D eigenvalue weighted by Gasteiger charge is 2.27. The maximum absolute atomic E-state index is 12.5. The molecule has 1 heterocycles. The number of rotatable bonds is 7. The van der Waals surface area contributed by atoms with Crippen molar-refractivity contribution in [2.24, 2.45) is 5.92 Å². The lowest BCUT2D eigenvalue weighted by Crippen LogP contribution is -2.48. The molecule has 0 aliphatic heterocycles. The van der Waals surface area contributed by atoms with Crippen LogP contribution in [0.5, 0.6) is 0 Å². The number of esters is 1. The Labute approximate surface area is 157 Å². The van der Waals surface area contributed by atoms with Crippen molar-refractivity contribution in [3.8, 4) is 0 Å². The molecule has 26 heavy (non-hydrogen) atoms. The Bertz CT molecular complexity index is 637. The summed E-state index contributed by atoms with van der Waals surface area (Å²) < 4.78 is 10.1. The molecule has 0 radical (unpaired) electrons. The van der Waals surface area contributed by atoms with Gasteiger partial charge in [0.15, 0.2) is 5.13 Å². The number of hydrogen-bond acceptors (Lipinski definition) is 7. The van der Waals surface area contributed by atoms with Gasteiger partial charge in [-0.1, -0.05) is 13.8 Å². The molecule has 9 heteroatoms. The number of thiazole rings is 1. The Kier molecular flexibility index (Phi) is 8.01. The molecule has 0 bridgehead atoms. The van der Waals surface area contributed by atoms with Crippen molar-refractivity contribution in [3.05, 3.63) is 11.1 Å². The Morgan fingerprint density at radius 3 is 2.46 bits per heavy atom. The Morgan fingerprint density at radius 2 is 1.92 bits per heavy atom. The zero-order valence-corrected chi connectivity index (χ0v) is 16.9. The van der Waals surface area contributed by atoms with Gasteiger partial charge in [0.2, 0.25) is 5.91 Å². The van der Waals surface area contributed by atoms with Crippen LogP contribution in [0.2, 0.25) is 0 Å². The Morgan fingerprint density at radius 1 is 1.27 bits per heavy atom. The topological polar surface area (TPSA) is 107 Å². The van der Waals surface area contributed by atoms with E-state index in [0.29, 0.717) is 17.4 Å². The number of aromatic nitrogens is 1. The lowest BCUT2D eigenvalue weighted by molar-refractivity contribution is -0.142. The largest absolute Gasteiger partial charge is 0.466 e. The van der Waals surface area contributed by atoms with Crippen molar-refractivity contribution in [2.45, 2.75) is 59.6 Å². The van der Waals surface area contributed by atoms with Crippen LogP contribution in [0.25, 0.3) is 0 Å². The van der Waals surface area contributed by atoms with Crippen LogP contribution in [0.4, 0.5) is 9.93 Å².